The fourth-order valence-electron chi connectivity index (χ4n) is 3.49. The molecule has 0 saturated heterocycles. The molecule has 0 atom stereocenters. The number of ether oxygens (including phenoxy) is 1. The Labute approximate surface area is 213 Å². The summed E-state index contributed by atoms with van der Waals surface area (Å²) in [7, 11) is 0. The lowest BCUT2D eigenvalue weighted by Crippen LogP contribution is -2.06. The van der Waals surface area contributed by atoms with Gasteiger partial charge >= 0.3 is 12.1 Å². The van der Waals surface area contributed by atoms with E-state index >= 15 is 0 Å². The first-order valence-corrected chi connectivity index (χ1v) is 11.9. The van der Waals surface area contributed by atoms with Crippen LogP contribution in [0.2, 0.25) is 5.02 Å². The number of nitrogens with two attached hydrogens (primary N) is 1. The summed E-state index contributed by atoms with van der Waals surface area (Å²) in [5.74, 6) is -0.934. The molecule has 4 N–H and O–H groups in total. The number of nitrogens with one attached hydrogen (secondary N) is 1. The topological polar surface area (TPSA) is 118 Å². The molecule has 4 rings (SSSR count). The number of carboxylic acids is 1. The summed E-state index contributed by atoms with van der Waals surface area (Å²) in [4.78, 5) is 29.6. The number of allylic oxidation sites excluding steroid dienone is 1. The number of para-hydroxylation sites is 1. The van der Waals surface area contributed by atoms with Crippen LogP contribution in [0.15, 0.2) is 83.9 Å². The van der Waals surface area contributed by atoms with E-state index in [1.807, 2.05) is 42.5 Å². The second-order valence-corrected chi connectivity index (χ2v) is 8.29. The number of fused-ring (bicyclic) bond motifs is 3. The largest absolute Gasteiger partial charge is 0.478 e. The molecule has 4 aromatic rings. The zero-order valence-electron chi connectivity index (χ0n) is 19.9. The summed E-state index contributed by atoms with van der Waals surface area (Å²) in [5.41, 5.74) is 9.06. The standard InChI is InChI=1S/C21H23N3O2.C7H5ClO2/c1-2-3-4-5-12-26-21(25)23-16-9-7-10-17-18-11-6-8-15(14-22)20(18)24-19(17)13-16;8-6-3-1-5(2-4-6)7(9)10/h4-11,13,24H,2-3,12,14,22H2,1H3;1-4H,(H,9,10). The molecule has 36 heavy (non-hydrogen) atoms. The van der Waals surface area contributed by atoms with E-state index in [9.17, 15) is 9.59 Å². The van der Waals surface area contributed by atoms with Crippen molar-refractivity contribution in [1.82, 2.24) is 4.98 Å². The quantitative estimate of drug-likeness (QED) is 0.269. The van der Waals surface area contributed by atoms with E-state index in [1.54, 1.807) is 18.2 Å². The lowest BCUT2D eigenvalue weighted by molar-refractivity contribution is 0.0697. The second kappa shape index (κ2) is 13.2. The molecule has 8 heteroatoms. The van der Waals surface area contributed by atoms with Gasteiger partial charge in [0.05, 0.1) is 16.4 Å². The number of carboxylic acid groups (broad SMARTS) is 1. The third kappa shape index (κ3) is 7.28. The maximum absolute atomic E-state index is 11.9. The van der Waals surface area contributed by atoms with Crippen molar-refractivity contribution in [2.45, 2.75) is 26.3 Å². The highest BCUT2D eigenvalue weighted by molar-refractivity contribution is 6.30. The van der Waals surface area contributed by atoms with E-state index in [-0.39, 0.29) is 12.2 Å². The SMILES string of the molecule is CCCC=CCOC(=O)N=c1cccc2c(c1)[nH]c1c(CN)cccc12.O=C(O)c1ccc(Cl)cc1. The first kappa shape index (κ1) is 26.7. The Balaban J connectivity index is 0.000000303. The maximum atomic E-state index is 11.9. The van der Waals surface area contributed by atoms with Crippen molar-refractivity contribution in [2.75, 3.05) is 6.61 Å². The number of rotatable bonds is 6. The van der Waals surface area contributed by atoms with Crippen molar-refractivity contribution in [2.24, 2.45) is 10.7 Å². The van der Waals surface area contributed by atoms with Crippen LogP contribution >= 0.6 is 11.6 Å². The number of aromatic amines is 1. The molecule has 0 radical (unpaired) electrons. The molecule has 186 valence electrons. The van der Waals surface area contributed by atoms with Gasteiger partial charge in [-0.2, -0.15) is 4.99 Å². The second-order valence-electron chi connectivity index (χ2n) is 7.85. The molecule has 0 fully saturated rings. The molecule has 1 heterocycles. The fraction of sp³-hybridized carbons (Fsp3) is 0.179. The van der Waals surface area contributed by atoms with Gasteiger partial charge in [0.2, 0.25) is 0 Å². The Bertz CT molecular complexity index is 1440. The van der Waals surface area contributed by atoms with Gasteiger partial charge in [0.1, 0.15) is 6.61 Å². The molecule has 0 spiro atoms. The molecular formula is C28H28ClN3O4. The normalized spacial score (nSPS) is 11.5. The highest BCUT2D eigenvalue weighted by Crippen LogP contribution is 2.26. The minimum absolute atomic E-state index is 0.239. The van der Waals surface area contributed by atoms with Crippen LogP contribution < -0.4 is 11.1 Å². The van der Waals surface area contributed by atoms with Crippen LogP contribution in [-0.4, -0.2) is 28.8 Å². The zero-order valence-corrected chi connectivity index (χ0v) is 20.7. The van der Waals surface area contributed by atoms with E-state index in [2.05, 4.69) is 23.0 Å². The monoisotopic (exact) mass is 505 g/mol. The minimum Gasteiger partial charge on any atom is -0.478 e. The van der Waals surface area contributed by atoms with E-state index in [1.165, 1.54) is 12.1 Å². The average Bonchev–Trinajstić information content (AvgIpc) is 3.09. The number of hydrogen-bond acceptors (Lipinski definition) is 4. The Morgan fingerprint density at radius 2 is 1.78 bits per heavy atom. The average molecular weight is 506 g/mol. The third-order valence-corrected chi connectivity index (χ3v) is 5.52. The lowest BCUT2D eigenvalue weighted by Gasteiger charge is -1.97. The highest BCUT2D eigenvalue weighted by atomic mass is 35.5. The molecule has 0 bridgehead atoms. The van der Waals surface area contributed by atoms with E-state index < -0.39 is 12.1 Å². The first-order chi connectivity index (χ1) is 17.4. The van der Waals surface area contributed by atoms with Gasteiger partial charge in [-0.25, -0.2) is 9.59 Å². The minimum atomic E-state index is -0.934. The number of unbranched alkanes of at least 4 members (excludes halogenated alkanes) is 1. The van der Waals surface area contributed by atoms with Crippen LogP contribution in [0.1, 0.15) is 35.7 Å². The summed E-state index contributed by atoms with van der Waals surface area (Å²) in [6.07, 6.45) is 5.29. The van der Waals surface area contributed by atoms with Crippen LogP contribution in [0.25, 0.3) is 21.8 Å². The summed E-state index contributed by atoms with van der Waals surface area (Å²) in [5, 5.41) is 11.7. The van der Waals surface area contributed by atoms with Crippen LogP contribution in [0, 0.1) is 0 Å². The molecule has 0 aliphatic carbocycles. The number of aromatic carboxylic acids is 1. The number of benzene rings is 2. The predicted octanol–water partition coefficient (Wildman–Crippen LogP) is 6.21. The molecule has 0 aliphatic rings. The Kier molecular flexibility index (Phi) is 9.80. The van der Waals surface area contributed by atoms with E-state index in [4.69, 9.17) is 27.2 Å². The number of carbonyl (C=O) groups excluding carboxylic acids is 1. The zero-order chi connectivity index (χ0) is 25.9. The Morgan fingerprint density at radius 3 is 2.47 bits per heavy atom. The molecule has 1 aromatic heterocycles. The third-order valence-electron chi connectivity index (χ3n) is 5.27. The molecule has 0 unspecified atom stereocenters. The Hall–Kier alpha value is -3.94. The summed E-state index contributed by atoms with van der Waals surface area (Å²) < 4.78 is 5.11. The van der Waals surface area contributed by atoms with Crippen molar-refractivity contribution in [3.63, 3.8) is 0 Å². The molecule has 0 aliphatic heterocycles. The van der Waals surface area contributed by atoms with Gasteiger partial charge in [0, 0.05) is 27.9 Å². The first-order valence-electron chi connectivity index (χ1n) is 11.5. The van der Waals surface area contributed by atoms with Gasteiger partial charge in [-0.05, 0) is 48.4 Å². The van der Waals surface area contributed by atoms with Crippen LogP contribution in [0.5, 0.6) is 0 Å². The smallest absolute Gasteiger partial charge is 0.434 e. The predicted molar refractivity (Wildman–Crippen MR) is 143 cm³/mol. The molecule has 7 nitrogen and oxygen atoms in total. The van der Waals surface area contributed by atoms with E-state index in [0.29, 0.717) is 16.9 Å². The van der Waals surface area contributed by atoms with Crippen LogP contribution in [0.4, 0.5) is 4.79 Å². The van der Waals surface area contributed by atoms with Crippen LogP contribution in [-0.2, 0) is 11.3 Å². The van der Waals surface area contributed by atoms with Gasteiger partial charge in [-0.15, -0.1) is 0 Å². The number of amides is 1. The van der Waals surface area contributed by atoms with Crippen molar-refractivity contribution in [1.29, 1.82) is 0 Å². The molecule has 0 saturated carbocycles. The van der Waals surface area contributed by atoms with Gasteiger partial charge in [0.15, 0.2) is 0 Å². The van der Waals surface area contributed by atoms with Crippen molar-refractivity contribution in [3.05, 3.63) is 100 Å². The number of nitrogens with zero attached hydrogens (tertiary/aromatic N) is 1. The van der Waals surface area contributed by atoms with Gasteiger partial charge in [0.25, 0.3) is 0 Å². The number of aromatic nitrogens is 1. The number of hydrogen-bond donors (Lipinski definition) is 3. The Morgan fingerprint density at radius 1 is 1.06 bits per heavy atom. The van der Waals surface area contributed by atoms with E-state index in [0.717, 1.165) is 40.2 Å². The summed E-state index contributed by atoms with van der Waals surface area (Å²) in [6.45, 7) is 2.80. The summed E-state index contributed by atoms with van der Waals surface area (Å²) in [6, 6.07) is 19.6. The van der Waals surface area contributed by atoms with Crippen molar-refractivity contribution >= 4 is 45.5 Å². The number of halogens is 1. The lowest BCUT2D eigenvalue weighted by atomic mass is 10.1. The van der Waals surface area contributed by atoms with Gasteiger partial charge in [-0.1, -0.05) is 67.4 Å². The van der Waals surface area contributed by atoms with Crippen molar-refractivity contribution in [3.8, 4) is 0 Å². The summed E-state index contributed by atoms with van der Waals surface area (Å²) >= 11 is 5.52. The molecule has 1 amide bonds. The maximum Gasteiger partial charge on any atom is 0.434 e. The number of H-pyrrole nitrogens is 1. The molecule has 3 aromatic carbocycles. The van der Waals surface area contributed by atoms with Crippen molar-refractivity contribution < 1.29 is 19.4 Å². The number of carbonyl (C=O) groups is 2. The fourth-order valence-corrected chi connectivity index (χ4v) is 3.62. The van der Waals surface area contributed by atoms with Crippen LogP contribution in [0.3, 0.4) is 0 Å². The van der Waals surface area contributed by atoms with Gasteiger partial charge in [-0.3, -0.25) is 0 Å². The highest BCUT2D eigenvalue weighted by Gasteiger charge is 2.06. The molecular weight excluding hydrogens is 478 g/mol. The van der Waals surface area contributed by atoms with Gasteiger partial charge < -0.3 is 20.6 Å².